The summed E-state index contributed by atoms with van der Waals surface area (Å²) in [6.45, 7) is 41.1. The lowest BCUT2D eigenvalue weighted by atomic mass is 9.79. The van der Waals surface area contributed by atoms with Crippen molar-refractivity contribution in [1.29, 1.82) is 0 Å². The fourth-order valence-electron chi connectivity index (χ4n) is 16.5. The highest BCUT2D eigenvalue weighted by Gasteiger charge is 2.29. The summed E-state index contributed by atoms with van der Waals surface area (Å²) in [6.07, 6.45) is 7.38. The number of aromatic hydroxyl groups is 1. The molecule has 0 aliphatic heterocycles. The lowest BCUT2D eigenvalue weighted by Gasteiger charge is -2.26. The molecule has 7 nitrogen and oxygen atoms in total. The average Bonchev–Trinajstić information content (AvgIpc) is 0.748. The molecule has 0 bridgehead atoms. The number of benzene rings is 12. The van der Waals surface area contributed by atoms with E-state index in [1.54, 1.807) is 25.6 Å². The van der Waals surface area contributed by atoms with Crippen molar-refractivity contribution in [1.82, 2.24) is 24.9 Å². The molecule has 12 aromatic carbocycles. The predicted molar refractivity (Wildman–Crippen MR) is 552 cm³/mol. The normalized spacial score (nSPS) is 11.8. The van der Waals surface area contributed by atoms with Gasteiger partial charge in [-0.05, 0) is 276 Å². The van der Waals surface area contributed by atoms with Gasteiger partial charge < -0.3 is 9.84 Å². The highest BCUT2D eigenvalue weighted by Crippen LogP contribution is 2.49. The molecule has 0 aliphatic carbocycles. The van der Waals surface area contributed by atoms with Gasteiger partial charge in [-0.25, -0.2) is 9.97 Å². The van der Waals surface area contributed by atoms with Crippen LogP contribution in [-0.4, -0.2) is 37.1 Å². The maximum absolute atomic E-state index is 11.1. The molecular weight excluding hydrogens is 1600 g/mol. The van der Waals surface area contributed by atoms with Gasteiger partial charge in [0, 0.05) is 58.2 Å². The van der Waals surface area contributed by atoms with E-state index in [9.17, 15) is 5.11 Å². The first-order valence-corrected chi connectivity index (χ1v) is 45.0. The van der Waals surface area contributed by atoms with Crippen LogP contribution in [0.4, 0.5) is 0 Å². The molecule has 0 atom stereocenters. The van der Waals surface area contributed by atoms with Crippen molar-refractivity contribution in [2.24, 2.45) is 0 Å². The van der Waals surface area contributed by atoms with Crippen LogP contribution in [0.3, 0.4) is 0 Å². The Hall–Kier alpha value is -13.7. The second kappa shape index (κ2) is 38.7. The summed E-state index contributed by atoms with van der Waals surface area (Å²) in [5.41, 5.74) is 36.8. The predicted octanol–water partition coefficient (Wildman–Crippen LogP) is 33.3. The van der Waals surface area contributed by atoms with Crippen LogP contribution in [0.1, 0.15) is 158 Å². The molecule has 0 spiro atoms. The summed E-state index contributed by atoms with van der Waals surface area (Å²) in [5.74, 6) is 0.990. The van der Waals surface area contributed by atoms with Gasteiger partial charge in [-0.15, -0.1) is 12.4 Å². The quantitative estimate of drug-likeness (QED) is 0.109. The van der Waals surface area contributed by atoms with E-state index >= 15 is 0 Å². The lowest BCUT2D eigenvalue weighted by molar-refractivity contribution is 0.416. The first-order valence-electron chi connectivity index (χ1n) is 45.0. The van der Waals surface area contributed by atoms with Crippen LogP contribution in [0.25, 0.3) is 157 Å². The van der Waals surface area contributed by atoms with Crippen LogP contribution in [0.5, 0.6) is 11.5 Å². The maximum atomic E-state index is 11.1. The summed E-state index contributed by atoms with van der Waals surface area (Å²) in [6, 6.07) is 123. The number of methoxy groups -OCH3 is 1. The molecule has 8 heteroatoms. The highest BCUT2D eigenvalue weighted by atomic mass is 35.5. The Morgan fingerprint density at radius 1 is 0.208 bits per heavy atom. The van der Waals surface area contributed by atoms with Crippen LogP contribution >= 0.6 is 12.4 Å². The van der Waals surface area contributed by atoms with Crippen molar-refractivity contribution in [3.05, 3.63) is 404 Å². The maximum Gasteiger partial charge on any atom is 0.128 e. The van der Waals surface area contributed by atoms with Crippen molar-refractivity contribution in [3.8, 4) is 168 Å². The zero-order valence-corrected chi connectivity index (χ0v) is 79.5. The van der Waals surface area contributed by atoms with Gasteiger partial charge >= 0.3 is 0 Å². The molecule has 0 saturated heterocycles. The van der Waals surface area contributed by atoms with Crippen LogP contribution in [0.15, 0.2) is 371 Å². The molecule has 0 radical (unpaired) electrons. The van der Waals surface area contributed by atoms with E-state index in [2.05, 4.69) is 415 Å². The largest absolute Gasteiger partial charge is 0.507 e. The van der Waals surface area contributed by atoms with Gasteiger partial charge in [0.05, 0.1) is 41.3 Å². The topological polar surface area (TPSA) is 93.9 Å². The molecular formula is C122H120ClN5O2. The Morgan fingerprint density at radius 2 is 0.477 bits per heavy atom. The molecule has 0 aliphatic rings. The van der Waals surface area contributed by atoms with E-state index in [4.69, 9.17) is 24.7 Å². The third-order valence-corrected chi connectivity index (χ3v) is 24.1. The first kappa shape index (κ1) is 92.5. The fraction of sp³-hybridized carbons (Fsp3) is 0.205. The van der Waals surface area contributed by atoms with Gasteiger partial charge in [-0.2, -0.15) is 0 Å². The number of phenols is 1. The SMILES string of the molecule is CC(C)(C)c1cc(-c2cc(-c3cccc(-c4cc(-c5c(-c6ccccc6)cc(C(C)(C)C)cc5-c5ccccc5)ccn4)c3)nc(-c3ccccc3O)c2)cc(C(C)(C)C)c1.COc1ccccc1-c1cc(-c2cc(C(C)(C)C)cc(C(C)(C)C)c2)cc(-c2cccc(-c3cc(-c4c(-c5ccccc5)cc(C(C)(C)C)cc4-c4ccccc4)ccn3)c2)n1.Cl.c1ccncc1. The number of hydrogen-bond acceptors (Lipinski definition) is 7. The smallest absolute Gasteiger partial charge is 0.128 e. The Labute approximate surface area is 778 Å². The summed E-state index contributed by atoms with van der Waals surface area (Å²) < 4.78 is 5.89. The Kier molecular flexibility index (Phi) is 27.5. The van der Waals surface area contributed by atoms with Crippen LogP contribution < -0.4 is 4.74 Å². The number of pyridine rings is 5. The van der Waals surface area contributed by atoms with E-state index in [1.165, 1.54) is 94.6 Å². The fourth-order valence-corrected chi connectivity index (χ4v) is 16.5. The van der Waals surface area contributed by atoms with Gasteiger partial charge in [0.1, 0.15) is 11.5 Å². The Balaban J connectivity index is 0.000000195. The second-order valence-electron chi connectivity index (χ2n) is 40.0. The molecule has 5 heterocycles. The third kappa shape index (κ3) is 21.6. The zero-order valence-electron chi connectivity index (χ0n) is 78.7. The number of rotatable bonds is 15. The minimum absolute atomic E-state index is 0. The first-order chi connectivity index (χ1) is 61.6. The standard InChI is InChI=1S/C59H58N2O.C58H56N2O.C5H5N.ClH/c1-57(2,3)46-31-44(32-47(36-46)58(4,5)6)45-34-53(61-54(35-45)49-26-17-18-27-55(49)62-10)42-25-19-24-41(30-42)52-33-43(28-29-60-52)56-50(39-20-13-11-14-21-39)37-48(59(7,8)9)38-51(56)40-22-15-12-16-23-40;1-56(2,3)45-30-43(31-46(35-45)57(4,5)6)44-33-52(60-53(34-44)48-25-16-17-26-54(48)61)41-24-18-23-40(29-41)51-32-42(27-28-59-51)55-49(38-19-12-10-13-20-38)36-47(58(7,8)9)37-50(55)39-21-14-11-15-22-39;1-2-4-6-5-3-1;/h11-38H,1-10H3;10-37,61H,1-9H3;1-5H;1H. The van der Waals surface area contributed by atoms with Gasteiger partial charge in [0.2, 0.25) is 0 Å². The molecule has 0 saturated carbocycles. The lowest BCUT2D eigenvalue weighted by Crippen LogP contribution is -2.16. The number of phenolic OH excluding ortho intramolecular Hbond substituents is 1. The second-order valence-corrected chi connectivity index (χ2v) is 40.0. The zero-order chi connectivity index (χ0) is 91.2. The molecule has 130 heavy (non-hydrogen) atoms. The third-order valence-electron chi connectivity index (χ3n) is 24.1. The molecule has 17 rings (SSSR count). The van der Waals surface area contributed by atoms with Crippen molar-refractivity contribution < 1.29 is 9.84 Å². The average molecular weight is 1720 g/mol. The molecule has 0 amide bonds. The van der Waals surface area contributed by atoms with Gasteiger partial charge in [0.25, 0.3) is 0 Å². The van der Waals surface area contributed by atoms with Gasteiger partial charge in [0.15, 0.2) is 0 Å². The molecule has 0 unspecified atom stereocenters. The van der Waals surface area contributed by atoms with Crippen molar-refractivity contribution >= 4 is 12.4 Å². The molecule has 17 aromatic rings. The molecule has 652 valence electrons. The summed E-state index contributed by atoms with van der Waals surface area (Å²) in [4.78, 5) is 24.4. The van der Waals surface area contributed by atoms with E-state index in [0.29, 0.717) is 5.56 Å². The van der Waals surface area contributed by atoms with Crippen LogP contribution in [0, 0.1) is 0 Å². The number of para-hydroxylation sites is 2. The molecule has 0 fully saturated rings. The Bertz CT molecular complexity index is 6610. The van der Waals surface area contributed by atoms with E-state index in [1.807, 2.05) is 67.0 Å². The van der Waals surface area contributed by atoms with Gasteiger partial charge in [-0.1, -0.05) is 349 Å². The van der Waals surface area contributed by atoms with Crippen molar-refractivity contribution in [3.63, 3.8) is 0 Å². The summed E-state index contributed by atoms with van der Waals surface area (Å²) in [5, 5.41) is 11.1. The van der Waals surface area contributed by atoms with Crippen LogP contribution in [-0.2, 0) is 32.5 Å². The van der Waals surface area contributed by atoms with Crippen molar-refractivity contribution in [2.75, 3.05) is 7.11 Å². The molecule has 5 aromatic heterocycles. The van der Waals surface area contributed by atoms with Crippen LogP contribution in [0.2, 0.25) is 0 Å². The van der Waals surface area contributed by atoms with E-state index in [-0.39, 0.29) is 50.6 Å². The number of aromatic nitrogens is 5. The van der Waals surface area contributed by atoms with E-state index in [0.717, 1.165) is 95.5 Å². The highest BCUT2D eigenvalue weighted by molar-refractivity contribution is 5.98. The Morgan fingerprint density at radius 3 is 0.792 bits per heavy atom. The summed E-state index contributed by atoms with van der Waals surface area (Å²) in [7, 11) is 1.72. The number of ether oxygens (including phenoxy) is 1. The molecule has 1 N–H and O–H groups in total. The van der Waals surface area contributed by atoms with Crippen molar-refractivity contribution in [2.45, 2.75) is 157 Å². The monoisotopic (exact) mass is 1720 g/mol. The minimum Gasteiger partial charge on any atom is -0.507 e. The minimum atomic E-state index is -0.0514. The summed E-state index contributed by atoms with van der Waals surface area (Å²) >= 11 is 0. The number of nitrogens with zero attached hydrogens (tertiary/aromatic N) is 5. The number of halogens is 1. The van der Waals surface area contributed by atoms with E-state index < -0.39 is 0 Å². The number of hydrogen-bond donors (Lipinski definition) is 1. The van der Waals surface area contributed by atoms with Gasteiger partial charge in [-0.3, -0.25) is 15.0 Å².